The molecule has 0 aromatic rings. The molecule has 0 aromatic heterocycles. The van der Waals surface area contributed by atoms with Gasteiger partial charge in [0.05, 0.1) is 0 Å². The van der Waals surface area contributed by atoms with Crippen LogP contribution < -0.4 is 0 Å². The van der Waals surface area contributed by atoms with Crippen LogP contribution in [0.5, 0.6) is 0 Å². The maximum absolute atomic E-state index is 2.46. The first-order valence-corrected chi connectivity index (χ1v) is 6.78. The molecule has 0 aromatic carbocycles. The molecule has 0 fully saturated rings. The van der Waals surface area contributed by atoms with Gasteiger partial charge in [-0.15, -0.1) is 0 Å². The van der Waals surface area contributed by atoms with E-state index in [4.69, 9.17) is 0 Å². The molecule has 0 spiro atoms. The van der Waals surface area contributed by atoms with E-state index < -0.39 is 0 Å². The van der Waals surface area contributed by atoms with E-state index in [9.17, 15) is 0 Å². The van der Waals surface area contributed by atoms with Crippen LogP contribution in [0.2, 0.25) is 0 Å². The molecule has 0 radical (unpaired) electrons. The Bertz CT molecular complexity index is 522. The summed E-state index contributed by atoms with van der Waals surface area (Å²) in [5.41, 5.74) is 9.16. The largest absolute Gasteiger partial charge is 0.0617 e. The standard InChI is InChI=1S/C17H20/c1-12-7-6-8-13(2)17-15-10-5-3-4-9-14(15)11-16(12)17/h6-8,11H,3-5,9-10H2,1-2H3. The molecular weight excluding hydrogens is 204 g/mol. The summed E-state index contributed by atoms with van der Waals surface area (Å²) in [6.45, 7) is 4.49. The van der Waals surface area contributed by atoms with E-state index >= 15 is 0 Å². The fourth-order valence-electron chi connectivity index (χ4n) is 3.23. The lowest BCUT2D eigenvalue weighted by molar-refractivity contribution is 0.711. The van der Waals surface area contributed by atoms with Crippen molar-refractivity contribution in [3.63, 3.8) is 0 Å². The number of rotatable bonds is 0. The summed E-state index contributed by atoms with van der Waals surface area (Å²) in [4.78, 5) is 0. The summed E-state index contributed by atoms with van der Waals surface area (Å²) in [6.07, 6.45) is 6.69. The molecule has 0 unspecified atom stereocenters. The van der Waals surface area contributed by atoms with Crippen molar-refractivity contribution in [2.45, 2.75) is 46.0 Å². The van der Waals surface area contributed by atoms with E-state index in [-0.39, 0.29) is 0 Å². The maximum Gasteiger partial charge on any atom is -0.0117 e. The van der Waals surface area contributed by atoms with Gasteiger partial charge < -0.3 is 0 Å². The lowest BCUT2D eigenvalue weighted by Gasteiger charge is -2.06. The van der Waals surface area contributed by atoms with Crippen molar-refractivity contribution in [2.24, 2.45) is 0 Å². The van der Waals surface area contributed by atoms with E-state index in [1.54, 1.807) is 16.7 Å². The van der Waals surface area contributed by atoms with Crippen molar-refractivity contribution in [1.82, 2.24) is 0 Å². The summed E-state index contributed by atoms with van der Waals surface area (Å²) in [5, 5.41) is 0. The molecule has 0 heteroatoms. The molecule has 0 atom stereocenters. The van der Waals surface area contributed by atoms with Crippen LogP contribution in [0.1, 0.15) is 41.5 Å². The monoisotopic (exact) mass is 224 g/mol. The first-order chi connectivity index (χ1) is 8.27. The summed E-state index contributed by atoms with van der Waals surface area (Å²) in [5.74, 6) is 0. The molecule has 0 heterocycles. The third-order valence-corrected chi connectivity index (χ3v) is 4.16. The van der Waals surface area contributed by atoms with Gasteiger partial charge in [-0.05, 0) is 72.9 Å². The lowest BCUT2D eigenvalue weighted by atomic mass is 9.99. The molecule has 0 saturated heterocycles. The third-order valence-electron chi connectivity index (χ3n) is 4.16. The van der Waals surface area contributed by atoms with Crippen molar-refractivity contribution >= 4 is 0 Å². The van der Waals surface area contributed by atoms with Crippen molar-refractivity contribution in [3.05, 3.63) is 46.5 Å². The molecule has 0 nitrogen and oxygen atoms in total. The molecule has 3 aliphatic rings. The van der Waals surface area contributed by atoms with E-state index in [2.05, 4.69) is 38.1 Å². The van der Waals surface area contributed by atoms with Gasteiger partial charge in [-0.2, -0.15) is 0 Å². The molecule has 0 bridgehead atoms. The van der Waals surface area contributed by atoms with Gasteiger partial charge in [-0.1, -0.05) is 30.7 Å². The van der Waals surface area contributed by atoms with Gasteiger partial charge in [0.15, 0.2) is 0 Å². The molecule has 0 aliphatic heterocycles. The average molecular weight is 224 g/mol. The fourth-order valence-corrected chi connectivity index (χ4v) is 3.23. The SMILES string of the molecule is Cc1cccc(C)c2c3c(cc1-2)CCCCC3. The number of hydrogen-bond acceptors (Lipinski definition) is 0. The molecule has 17 heavy (non-hydrogen) atoms. The normalized spacial score (nSPS) is 15.6. The lowest BCUT2D eigenvalue weighted by Crippen LogP contribution is -1.88. The van der Waals surface area contributed by atoms with Gasteiger partial charge >= 0.3 is 0 Å². The Morgan fingerprint density at radius 2 is 1.65 bits per heavy atom. The molecule has 88 valence electrons. The van der Waals surface area contributed by atoms with E-state index in [1.807, 2.05) is 0 Å². The van der Waals surface area contributed by atoms with E-state index in [1.165, 1.54) is 48.8 Å². The predicted octanol–water partition coefficient (Wildman–Crippen LogP) is 4.68. The van der Waals surface area contributed by atoms with Crippen LogP contribution in [0.4, 0.5) is 0 Å². The highest BCUT2D eigenvalue weighted by Gasteiger charge is 2.19. The second-order valence-electron chi connectivity index (χ2n) is 5.39. The molecule has 3 aliphatic carbocycles. The van der Waals surface area contributed by atoms with Crippen LogP contribution >= 0.6 is 0 Å². The average Bonchev–Trinajstić information content (AvgIpc) is 2.44. The smallest absolute Gasteiger partial charge is 0.0117 e. The van der Waals surface area contributed by atoms with Gasteiger partial charge in [0.25, 0.3) is 0 Å². The van der Waals surface area contributed by atoms with E-state index in [0.717, 1.165) is 0 Å². The van der Waals surface area contributed by atoms with Gasteiger partial charge in [0.1, 0.15) is 0 Å². The first-order valence-electron chi connectivity index (χ1n) is 6.78. The summed E-state index contributed by atoms with van der Waals surface area (Å²) in [7, 11) is 0. The molecule has 0 saturated carbocycles. The van der Waals surface area contributed by atoms with Crippen molar-refractivity contribution in [3.8, 4) is 11.1 Å². The van der Waals surface area contributed by atoms with Crippen molar-refractivity contribution < 1.29 is 0 Å². The maximum atomic E-state index is 2.46. The molecule has 0 N–H and O–H groups in total. The van der Waals surface area contributed by atoms with Crippen LogP contribution in [-0.4, -0.2) is 0 Å². The third kappa shape index (κ3) is 1.76. The highest BCUT2D eigenvalue weighted by Crippen LogP contribution is 2.39. The Kier molecular flexibility index (Phi) is 2.66. The van der Waals surface area contributed by atoms with Gasteiger partial charge in [-0.3, -0.25) is 0 Å². The Balaban J connectivity index is 2.30. The van der Waals surface area contributed by atoms with Crippen LogP contribution in [0.15, 0.2) is 24.3 Å². The quantitative estimate of drug-likeness (QED) is 0.570. The van der Waals surface area contributed by atoms with Crippen molar-refractivity contribution in [2.75, 3.05) is 0 Å². The zero-order chi connectivity index (χ0) is 11.8. The number of aryl methyl sites for hydroxylation is 3. The van der Waals surface area contributed by atoms with Crippen LogP contribution in [0, 0.1) is 13.8 Å². The van der Waals surface area contributed by atoms with Crippen LogP contribution in [-0.2, 0) is 12.8 Å². The fraction of sp³-hybridized carbons (Fsp3) is 0.412. The highest BCUT2D eigenvalue weighted by atomic mass is 14.2. The Labute approximate surface area is 104 Å². The number of fused-ring (bicyclic) bond motifs is 3. The minimum Gasteiger partial charge on any atom is -0.0617 e. The highest BCUT2D eigenvalue weighted by molar-refractivity contribution is 5.78. The summed E-state index contributed by atoms with van der Waals surface area (Å²) < 4.78 is 0. The van der Waals surface area contributed by atoms with Crippen LogP contribution in [0.25, 0.3) is 11.1 Å². The molecular formula is C17H20. The minimum atomic E-state index is 1.28. The Hall–Kier alpha value is -1.30. The van der Waals surface area contributed by atoms with E-state index in [0.29, 0.717) is 0 Å². The summed E-state index contributed by atoms with van der Waals surface area (Å²) in [6, 6.07) is 9.15. The van der Waals surface area contributed by atoms with Crippen molar-refractivity contribution in [1.29, 1.82) is 0 Å². The zero-order valence-electron chi connectivity index (χ0n) is 10.8. The minimum absolute atomic E-state index is 1.28. The topological polar surface area (TPSA) is 0 Å². The van der Waals surface area contributed by atoms with Gasteiger partial charge in [-0.25, -0.2) is 0 Å². The zero-order valence-corrected chi connectivity index (χ0v) is 10.8. The van der Waals surface area contributed by atoms with Gasteiger partial charge in [0, 0.05) is 0 Å². The second-order valence-corrected chi connectivity index (χ2v) is 5.39. The van der Waals surface area contributed by atoms with Gasteiger partial charge in [0.2, 0.25) is 0 Å². The molecule has 0 amide bonds. The Morgan fingerprint density at radius 3 is 2.53 bits per heavy atom. The second kappa shape index (κ2) is 4.18. The molecule has 3 rings (SSSR count). The Morgan fingerprint density at radius 1 is 0.882 bits per heavy atom. The summed E-state index contributed by atoms with van der Waals surface area (Å²) >= 11 is 0. The van der Waals surface area contributed by atoms with Crippen LogP contribution in [0.3, 0.4) is 0 Å². The number of hydrogen-bond donors (Lipinski definition) is 0. The predicted molar refractivity (Wildman–Crippen MR) is 73.8 cm³/mol. The first kappa shape index (κ1) is 10.8.